The number of likely N-dealkylation sites (tertiary alicyclic amines) is 1. The van der Waals surface area contributed by atoms with Crippen LogP contribution in [0, 0.1) is 0 Å². The lowest BCUT2D eigenvalue weighted by atomic mass is 9.96. The van der Waals surface area contributed by atoms with Crippen molar-refractivity contribution in [3.63, 3.8) is 0 Å². The fourth-order valence-electron chi connectivity index (χ4n) is 3.72. The summed E-state index contributed by atoms with van der Waals surface area (Å²) in [6.45, 7) is 2.19. The predicted octanol–water partition coefficient (Wildman–Crippen LogP) is 4.47. The number of hydrogen-bond acceptors (Lipinski definition) is 5. The smallest absolute Gasteiger partial charge is 0.234 e. The van der Waals surface area contributed by atoms with Gasteiger partial charge in [0.05, 0.1) is 0 Å². The average molecular weight is 384 g/mol. The van der Waals surface area contributed by atoms with Gasteiger partial charge in [0, 0.05) is 21.9 Å². The van der Waals surface area contributed by atoms with Crippen LogP contribution in [0.5, 0.6) is 0 Å². The van der Waals surface area contributed by atoms with Gasteiger partial charge in [0.15, 0.2) is 5.82 Å². The van der Waals surface area contributed by atoms with Crippen molar-refractivity contribution in [2.75, 3.05) is 20.1 Å². The zero-order valence-electron chi connectivity index (χ0n) is 14.4. The SMILES string of the molecule is CN1CCC(c2nnc3sc(-c4cccc5c(Cl)cccc45)nn23)CC1. The van der Waals surface area contributed by atoms with Gasteiger partial charge in [0.25, 0.3) is 0 Å². The van der Waals surface area contributed by atoms with E-state index in [1.54, 1.807) is 11.3 Å². The zero-order valence-corrected chi connectivity index (χ0v) is 16.0. The van der Waals surface area contributed by atoms with E-state index in [-0.39, 0.29) is 0 Å². The molecule has 1 aliphatic heterocycles. The van der Waals surface area contributed by atoms with Gasteiger partial charge in [-0.2, -0.15) is 9.61 Å². The van der Waals surface area contributed by atoms with E-state index in [1.165, 1.54) is 0 Å². The summed E-state index contributed by atoms with van der Waals surface area (Å²) in [6, 6.07) is 12.2. The molecule has 4 aromatic rings. The Morgan fingerprint density at radius 2 is 1.81 bits per heavy atom. The first-order chi connectivity index (χ1) is 12.7. The highest BCUT2D eigenvalue weighted by Crippen LogP contribution is 2.35. The Morgan fingerprint density at radius 3 is 2.65 bits per heavy atom. The Hall–Kier alpha value is -2.02. The summed E-state index contributed by atoms with van der Waals surface area (Å²) in [5.41, 5.74) is 1.09. The van der Waals surface area contributed by atoms with Crippen molar-refractivity contribution in [3.05, 3.63) is 47.2 Å². The Balaban J connectivity index is 1.60. The quantitative estimate of drug-likeness (QED) is 0.512. The molecule has 0 saturated carbocycles. The molecule has 5 nitrogen and oxygen atoms in total. The molecule has 0 spiro atoms. The Bertz CT molecular complexity index is 1090. The van der Waals surface area contributed by atoms with Gasteiger partial charge in [0.2, 0.25) is 4.96 Å². The summed E-state index contributed by atoms with van der Waals surface area (Å²) < 4.78 is 1.94. The van der Waals surface area contributed by atoms with E-state index in [2.05, 4.69) is 34.3 Å². The highest BCUT2D eigenvalue weighted by molar-refractivity contribution is 7.19. The van der Waals surface area contributed by atoms with Crippen LogP contribution in [0.1, 0.15) is 24.6 Å². The predicted molar refractivity (Wildman–Crippen MR) is 106 cm³/mol. The van der Waals surface area contributed by atoms with Gasteiger partial charge in [-0.05, 0) is 44.4 Å². The first-order valence-corrected chi connectivity index (χ1v) is 9.98. The number of halogens is 1. The van der Waals surface area contributed by atoms with Crippen molar-refractivity contribution < 1.29 is 0 Å². The summed E-state index contributed by atoms with van der Waals surface area (Å²) in [7, 11) is 2.17. The van der Waals surface area contributed by atoms with Gasteiger partial charge in [-0.1, -0.05) is 53.3 Å². The van der Waals surface area contributed by atoms with Crippen LogP contribution in [0.25, 0.3) is 26.3 Å². The number of piperidine rings is 1. The summed E-state index contributed by atoms with van der Waals surface area (Å²) in [6.07, 6.45) is 2.21. The van der Waals surface area contributed by atoms with Gasteiger partial charge >= 0.3 is 0 Å². The molecule has 1 aliphatic rings. The summed E-state index contributed by atoms with van der Waals surface area (Å²) >= 11 is 7.95. The molecule has 132 valence electrons. The number of benzene rings is 2. The minimum absolute atomic E-state index is 0.429. The molecule has 3 heterocycles. The molecule has 0 aliphatic carbocycles. The summed E-state index contributed by atoms with van der Waals surface area (Å²) in [5.74, 6) is 1.42. The highest BCUT2D eigenvalue weighted by atomic mass is 35.5. The topological polar surface area (TPSA) is 46.3 Å². The highest BCUT2D eigenvalue weighted by Gasteiger charge is 2.25. The normalized spacial score (nSPS) is 16.7. The van der Waals surface area contributed by atoms with Crippen LogP contribution in [0.2, 0.25) is 5.02 Å². The van der Waals surface area contributed by atoms with Crippen LogP contribution in [0.4, 0.5) is 0 Å². The van der Waals surface area contributed by atoms with E-state index >= 15 is 0 Å². The number of hydrogen-bond donors (Lipinski definition) is 0. The molecule has 26 heavy (non-hydrogen) atoms. The number of nitrogens with zero attached hydrogens (tertiary/aromatic N) is 5. The molecular formula is C19H18ClN5S. The van der Waals surface area contributed by atoms with Gasteiger partial charge < -0.3 is 4.90 Å². The largest absolute Gasteiger partial charge is 0.306 e. The maximum absolute atomic E-state index is 6.36. The Kier molecular flexibility index (Phi) is 3.92. The minimum Gasteiger partial charge on any atom is -0.306 e. The van der Waals surface area contributed by atoms with Gasteiger partial charge in [0.1, 0.15) is 5.01 Å². The fourth-order valence-corrected chi connectivity index (χ4v) is 4.84. The van der Waals surface area contributed by atoms with Gasteiger partial charge in [-0.25, -0.2) is 0 Å². The molecule has 0 radical (unpaired) electrons. The van der Waals surface area contributed by atoms with Crippen LogP contribution >= 0.6 is 22.9 Å². The summed E-state index contributed by atoms with van der Waals surface area (Å²) in [4.78, 5) is 3.22. The lowest BCUT2D eigenvalue weighted by Crippen LogP contribution is -2.30. The molecule has 2 aromatic heterocycles. The van der Waals surface area contributed by atoms with E-state index in [9.17, 15) is 0 Å². The van der Waals surface area contributed by atoms with Crippen molar-refractivity contribution in [2.24, 2.45) is 0 Å². The number of fused-ring (bicyclic) bond motifs is 2. The van der Waals surface area contributed by atoms with Crippen LogP contribution in [0.15, 0.2) is 36.4 Å². The fraction of sp³-hybridized carbons (Fsp3) is 0.316. The standard InChI is InChI=1S/C19H18ClN5S/c1-24-10-8-12(9-11-24)17-21-22-19-25(17)23-18(26-19)15-6-2-5-14-13(15)4-3-7-16(14)20/h2-7,12H,8-11H2,1H3. The number of rotatable bonds is 2. The third kappa shape index (κ3) is 2.60. The van der Waals surface area contributed by atoms with Crippen LogP contribution < -0.4 is 0 Å². The van der Waals surface area contributed by atoms with Crippen molar-refractivity contribution in [3.8, 4) is 10.6 Å². The molecule has 0 unspecified atom stereocenters. The maximum atomic E-state index is 6.36. The third-order valence-corrected chi connectivity index (χ3v) is 6.46. The van der Waals surface area contributed by atoms with Crippen LogP contribution in [-0.4, -0.2) is 44.8 Å². The second-order valence-corrected chi connectivity index (χ2v) is 8.24. The van der Waals surface area contributed by atoms with Crippen LogP contribution in [-0.2, 0) is 0 Å². The summed E-state index contributed by atoms with van der Waals surface area (Å²) in [5, 5.41) is 17.6. The van der Waals surface area contributed by atoms with Crippen molar-refractivity contribution in [1.29, 1.82) is 0 Å². The van der Waals surface area contributed by atoms with Crippen LogP contribution in [0.3, 0.4) is 0 Å². The van der Waals surface area contributed by atoms with E-state index in [0.29, 0.717) is 5.92 Å². The minimum atomic E-state index is 0.429. The number of aromatic nitrogens is 4. The third-order valence-electron chi connectivity index (χ3n) is 5.20. The second kappa shape index (κ2) is 6.30. The van der Waals surface area contributed by atoms with E-state index in [4.69, 9.17) is 16.7 Å². The van der Waals surface area contributed by atoms with Crippen molar-refractivity contribution in [2.45, 2.75) is 18.8 Å². The molecule has 0 atom stereocenters. The van der Waals surface area contributed by atoms with E-state index in [0.717, 1.165) is 63.1 Å². The first kappa shape index (κ1) is 16.2. The van der Waals surface area contributed by atoms with Gasteiger partial charge in [-0.3, -0.25) is 0 Å². The molecule has 0 amide bonds. The first-order valence-electron chi connectivity index (χ1n) is 8.79. The molecule has 7 heteroatoms. The Labute approximate surface area is 160 Å². The lowest BCUT2D eigenvalue weighted by molar-refractivity contribution is 0.250. The van der Waals surface area contributed by atoms with Crippen molar-refractivity contribution in [1.82, 2.24) is 24.7 Å². The maximum Gasteiger partial charge on any atom is 0.234 e. The lowest BCUT2D eigenvalue weighted by Gasteiger charge is -2.27. The van der Waals surface area contributed by atoms with E-state index < -0.39 is 0 Å². The molecule has 0 bridgehead atoms. The van der Waals surface area contributed by atoms with Crippen molar-refractivity contribution >= 4 is 38.7 Å². The monoisotopic (exact) mass is 383 g/mol. The van der Waals surface area contributed by atoms with Gasteiger partial charge in [-0.15, -0.1) is 10.2 Å². The molecule has 0 N–H and O–H groups in total. The molecule has 5 rings (SSSR count). The molecular weight excluding hydrogens is 366 g/mol. The Morgan fingerprint density at radius 1 is 1.04 bits per heavy atom. The molecule has 1 fully saturated rings. The molecule has 1 saturated heterocycles. The molecule has 2 aromatic carbocycles. The average Bonchev–Trinajstić information content (AvgIpc) is 3.23. The second-order valence-electron chi connectivity index (χ2n) is 6.88. The zero-order chi connectivity index (χ0) is 17.7. The van der Waals surface area contributed by atoms with E-state index in [1.807, 2.05) is 28.8 Å².